The van der Waals surface area contributed by atoms with Crippen LogP contribution in [0.15, 0.2) is 54.7 Å². The lowest BCUT2D eigenvalue weighted by molar-refractivity contribution is -0.143. The van der Waals surface area contributed by atoms with Gasteiger partial charge in [-0.1, -0.05) is 24.3 Å². The number of benzene rings is 2. The van der Waals surface area contributed by atoms with Crippen LogP contribution in [0.4, 0.5) is 26.3 Å². The average molecular weight is 466 g/mol. The van der Waals surface area contributed by atoms with Crippen molar-refractivity contribution in [1.29, 1.82) is 0 Å². The number of aromatic nitrogens is 1. The molecule has 2 aromatic carbocycles. The number of rotatable bonds is 4. The second-order valence-electron chi connectivity index (χ2n) is 7.76. The first-order chi connectivity index (χ1) is 15.3. The van der Waals surface area contributed by atoms with E-state index in [4.69, 9.17) is 0 Å². The zero-order valence-electron chi connectivity index (χ0n) is 18.0. The molecule has 3 nitrogen and oxygen atoms in total. The first-order valence-electron chi connectivity index (χ1n) is 9.84. The van der Waals surface area contributed by atoms with Crippen molar-refractivity contribution >= 4 is 5.91 Å². The highest BCUT2D eigenvalue weighted by molar-refractivity contribution is 6.00. The summed E-state index contributed by atoms with van der Waals surface area (Å²) >= 11 is 0. The number of aryl methyl sites for hydroxylation is 2. The van der Waals surface area contributed by atoms with Crippen molar-refractivity contribution in [3.63, 3.8) is 0 Å². The van der Waals surface area contributed by atoms with E-state index < -0.39 is 35.9 Å². The molecule has 0 spiro atoms. The van der Waals surface area contributed by atoms with Crippen molar-refractivity contribution in [2.24, 2.45) is 0 Å². The number of halogens is 6. The molecule has 0 aliphatic heterocycles. The van der Waals surface area contributed by atoms with E-state index in [1.165, 1.54) is 13.2 Å². The Morgan fingerprint density at radius 3 is 2.00 bits per heavy atom. The molecular weight excluding hydrogens is 446 g/mol. The standard InChI is InChI=1S/C24H20F6N2O/c1-14-6-4-5-7-19(14)20-8-15(2)31-12-21(20)22(33)32(3)13-16-9-17(23(25,26)27)11-18(10-16)24(28,29)30/h4-12H,13H2,1-3H3. The largest absolute Gasteiger partial charge is 0.416 e. The molecule has 0 N–H and O–H groups in total. The van der Waals surface area contributed by atoms with Gasteiger partial charge in [0.1, 0.15) is 0 Å². The minimum atomic E-state index is -4.96. The molecule has 174 valence electrons. The molecule has 3 aromatic rings. The maximum atomic E-state index is 13.2. The summed E-state index contributed by atoms with van der Waals surface area (Å²) in [6.07, 6.45) is -8.56. The van der Waals surface area contributed by atoms with Gasteiger partial charge in [-0.05, 0) is 60.4 Å². The third-order valence-corrected chi connectivity index (χ3v) is 5.12. The lowest BCUT2D eigenvalue weighted by Crippen LogP contribution is -2.27. The smallest absolute Gasteiger partial charge is 0.337 e. The molecule has 1 amide bonds. The van der Waals surface area contributed by atoms with Gasteiger partial charge >= 0.3 is 12.4 Å². The molecule has 1 aromatic heterocycles. The van der Waals surface area contributed by atoms with Gasteiger partial charge in [-0.25, -0.2) is 0 Å². The fourth-order valence-electron chi connectivity index (χ4n) is 3.49. The molecule has 0 fully saturated rings. The predicted molar refractivity (Wildman–Crippen MR) is 111 cm³/mol. The topological polar surface area (TPSA) is 33.2 Å². The second-order valence-corrected chi connectivity index (χ2v) is 7.76. The third kappa shape index (κ3) is 5.53. The Kier molecular flexibility index (Phi) is 6.53. The van der Waals surface area contributed by atoms with E-state index in [1.54, 1.807) is 19.1 Å². The number of hydrogen-bond donors (Lipinski definition) is 0. The number of amides is 1. The first-order valence-corrected chi connectivity index (χ1v) is 9.84. The maximum absolute atomic E-state index is 13.2. The van der Waals surface area contributed by atoms with Crippen LogP contribution in [0.3, 0.4) is 0 Å². The fraction of sp³-hybridized carbons (Fsp3) is 0.250. The molecule has 0 aliphatic rings. The second kappa shape index (κ2) is 8.88. The summed E-state index contributed by atoms with van der Waals surface area (Å²) in [5, 5.41) is 0. The van der Waals surface area contributed by atoms with Gasteiger partial charge < -0.3 is 4.90 Å². The predicted octanol–water partition coefficient (Wildman–Crippen LogP) is 6.68. The van der Waals surface area contributed by atoms with Crippen molar-refractivity contribution in [3.05, 3.63) is 88.2 Å². The van der Waals surface area contributed by atoms with Crippen LogP contribution in [0.2, 0.25) is 0 Å². The summed E-state index contributed by atoms with van der Waals surface area (Å²) in [5.74, 6) is -0.577. The lowest BCUT2D eigenvalue weighted by atomic mass is 9.96. The van der Waals surface area contributed by atoms with Crippen molar-refractivity contribution in [1.82, 2.24) is 9.88 Å². The van der Waals surface area contributed by atoms with E-state index in [0.29, 0.717) is 23.4 Å². The van der Waals surface area contributed by atoms with Gasteiger partial charge in [-0.2, -0.15) is 26.3 Å². The van der Waals surface area contributed by atoms with Crippen molar-refractivity contribution < 1.29 is 31.1 Å². The number of carbonyl (C=O) groups excluding carboxylic acids is 1. The molecule has 0 atom stereocenters. The molecule has 9 heteroatoms. The Balaban J connectivity index is 1.99. The van der Waals surface area contributed by atoms with E-state index in [0.717, 1.165) is 16.0 Å². The van der Waals surface area contributed by atoms with Crippen LogP contribution in [-0.2, 0) is 18.9 Å². The Morgan fingerprint density at radius 2 is 1.45 bits per heavy atom. The molecule has 33 heavy (non-hydrogen) atoms. The van der Waals surface area contributed by atoms with Crippen LogP contribution in [0, 0.1) is 13.8 Å². The molecule has 0 unspecified atom stereocenters. The Morgan fingerprint density at radius 1 is 0.879 bits per heavy atom. The van der Waals surface area contributed by atoms with Gasteiger partial charge in [0.2, 0.25) is 0 Å². The normalized spacial score (nSPS) is 12.0. The zero-order chi connectivity index (χ0) is 24.6. The van der Waals surface area contributed by atoms with Crippen LogP contribution in [0.5, 0.6) is 0 Å². The van der Waals surface area contributed by atoms with Gasteiger partial charge in [0.15, 0.2) is 0 Å². The summed E-state index contributed by atoms with van der Waals surface area (Å²) in [4.78, 5) is 18.4. The van der Waals surface area contributed by atoms with Gasteiger partial charge in [-0.3, -0.25) is 9.78 Å². The van der Waals surface area contributed by atoms with Crippen molar-refractivity contribution in [2.45, 2.75) is 32.7 Å². The van der Waals surface area contributed by atoms with Crippen molar-refractivity contribution in [3.8, 4) is 11.1 Å². The van der Waals surface area contributed by atoms with Gasteiger partial charge in [-0.15, -0.1) is 0 Å². The number of hydrogen-bond acceptors (Lipinski definition) is 2. The first kappa shape index (κ1) is 24.3. The fourth-order valence-corrected chi connectivity index (χ4v) is 3.49. The molecule has 0 radical (unpaired) electrons. The molecule has 0 aliphatic carbocycles. The lowest BCUT2D eigenvalue weighted by Gasteiger charge is -2.21. The van der Waals surface area contributed by atoms with Crippen molar-refractivity contribution in [2.75, 3.05) is 7.05 Å². The highest BCUT2D eigenvalue weighted by Crippen LogP contribution is 2.36. The summed E-state index contributed by atoms with van der Waals surface area (Å²) < 4.78 is 78.9. The minimum Gasteiger partial charge on any atom is -0.337 e. The highest BCUT2D eigenvalue weighted by Gasteiger charge is 2.37. The summed E-state index contributed by atoms with van der Waals surface area (Å²) in [5.41, 5.74) is -0.0363. The van der Waals surface area contributed by atoms with Gasteiger partial charge in [0, 0.05) is 25.5 Å². The Hall–Kier alpha value is -3.36. The average Bonchev–Trinajstić information content (AvgIpc) is 2.72. The molecular formula is C24H20F6N2O. The Labute approximate surface area is 186 Å². The molecule has 1 heterocycles. The van der Waals surface area contributed by atoms with E-state index in [2.05, 4.69) is 4.98 Å². The number of carbonyl (C=O) groups is 1. The van der Waals surface area contributed by atoms with E-state index in [9.17, 15) is 31.1 Å². The van der Waals surface area contributed by atoms with E-state index in [1.807, 2.05) is 25.1 Å². The number of pyridine rings is 1. The maximum Gasteiger partial charge on any atom is 0.416 e. The van der Waals surface area contributed by atoms with Gasteiger partial charge in [0.25, 0.3) is 5.91 Å². The minimum absolute atomic E-state index is 0.0610. The molecule has 0 bridgehead atoms. The van der Waals surface area contributed by atoms with E-state index >= 15 is 0 Å². The van der Waals surface area contributed by atoms with Gasteiger partial charge in [0.05, 0.1) is 16.7 Å². The number of alkyl halides is 6. The molecule has 3 rings (SSSR count). The quantitative estimate of drug-likeness (QED) is 0.402. The highest BCUT2D eigenvalue weighted by atomic mass is 19.4. The zero-order valence-corrected chi connectivity index (χ0v) is 18.0. The van der Waals surface area contributed by atoms with Crippen LogP contribution in [0.1, 0.15) is 38.3 Å². The third-order valence-electron chi connectivity index (χ3n) is 5.12. The van der Waals surface area contributed by atoms with E-state index in [-0.39, 0.29) is 17.2 Å². The SMILES string of the molecule is Cc1cc(-c2ccccc2C)c(C(=O)N(C)Cc2cc(C(F)(F)F)cc(C(F)(F)F)c2)cn1. The molecule has 0 saturated carbocycles. The summed E-state index contributed by atoms with van der Waals surface area (Å²) in [7, 11) is 1.32. The summed E-state index contributed by atoms with van der Waals surface area (Å²) in [6.45, 7) is 3.17. The van der Waals surface area contributed by atoms with Crippen LogP contribution >= 0.6 is 0 Å². The number of nitrogens with zero attached hydrogens (tertiary/aromatic N) is 2. The van der Waals surface area contributed by atoms with Crippen LogP contribution in [0.25, 0.3) is 11.1 Å². The summed E-state index contributed by atoms with van der Waals surface area (Å²) in [6, 6.07) is 10.3. The van der Waals surface area contributed by atoms with Crippen LogP contribution < -0.4 is 0 Å². The van der Waals surface area contributed by atoms with Crippen LogP contribution in [-0.4, -0.2) is 22.8 Å². The molecule has 0 saturated heterocycles. The monoisotopic (exact) mass is 466 g/mol. The Bertz CT molecular complexity index is 1150.